The molecule has 0 bridgehead atoms. The van der Waals surface area contributed by atoms with Gasteiger partial charge in [-0.1, -0.05) is 30.3 Å². The lowest BCUT2D eigenvalue weighted by atomic mass is 9.93. The Balaban J connectivity index is 1.65. The molecule has 2 amide bonds. The first kappa shape index (κ1) is 15.4. The second-order valence-corrected chi connectivity index (χ2v) is 6.28. The van der Waals surface area contributed by atoms with Crippen LogP contribution in [0.3, 0.4) is 0 Å². The number of amides is 2. The summed E-state index contributed by atoms with van der Waals surface area (Å²) in [6.45, 7) is 0.590. The minimum atomic E-state index is -1.19. The van der Waals surface area contributed by atoms with Crippen LogP contribution in [0.1, 0.15) is 38.6 Å². The highest BCUT2D eigenvalue weighted by atomic mass is 16.4. The van der Waals surface area contributed by atoms with Crippen molar-refractivity contribution in [3.8, 4) is 0 Å². The highest BCUT2D eigenvalue weighted by molar-refractivity contribution is 6.22. The standard InChI is InChI=1S/C19H16N2O4/c22-17-13-6-1-2-7-14(13)18(23)21(17)16(19(24)25)9-11-10-20-15-8-4-3-5-12(11)15/h1-8,11,16,20H,9-10H2,(H,24,25). The zero-order valence-corrected chi connectivity index (χ0v) is 13.3. The molecule has 2 aromatic rings. The van der Waals surface area contributed by atoms with Crippen LogP contribution in [0.5, 0.6) is 0 Å². The van der Waals surface area contributed by atoms with Crippen molar-refractivity contribution in [2.45, 2.75) is 18.4 Å². The highest BCUT2D eigenvalue weighted by Crippen LogP contribution is 2.36. The Kier molecular flexibility index (Phi) is 3.53. The number of para-hydroxylation sites is 1. The summed E-state index contributed by atoms with van der Waals surface area (Å²) in [6, 6.07) is 13.0. The molecule has 2 unspecified atom stereocenters. The van der Waals surface area contributed by atoms with Gasteiger partial charge in [-0.05, 0) is 30.2 Å². The number of rotatable bonds is 4. The molecular formula is C19H16N2O4. The molecule has 2 N–H and O–H groups in total. The number of nitrogens with zero attached hydrogens (tertiary/aromatic N) is 1. The monoisotopic (exact) mass is 336 g/mol. The fourth-order valence-electron chi connectivity index (χ4n) is 3.64. The Bertz CT molecular complexity index is 857. The van der Waals surface area contributed by atoms with Crippen LogP contribution in [0.25, 0.3) is 0 Å². The number of aliphatic carboxylic acids is 1. The van der Waals surface area contributed by atoms with Crippen LogP contribution >= 0.6 is 0 Å². The van der Waals surface area contributed by atoms with E-state index < -0.39 is 23.8 Å². The number of nitrogens with one attached hydrogen (secondary N) is 1. The fraction of sp³-hybridized carbons (Fsp3) is 0.211. The molecule has 2 aromatic carbocycles. The summed E-state index contributed by atoms with van der Waals surface area (Å²) in [6.07, 6.45) is 0.185. The predicted octanol–water partition coefficient (Wildman–Crippen LogP) is 2.34. The second-order valence-electron chi connectivity index (χ2n) is 6.28. The summed E-state index contributed by atoms with van der Waals surface area (Å²) in [5.41, 5.74) is 2.52. The Morgan fingerprint density at radius 3 is 2.32 bits per heavy atom. The third-order valence-corrected chi connectivity index (χ3v) is 4.87. The number of hydrogen-bond acceptors (Lipinski definition) is 4. The number of carbonyl (C=O) groups excluding carboxylic acids is 2. The Hall–Kier alpha value is -3.15. The molecule has 126 valence electrons. The van der Waals surface area contributed by atoms with Crippen molar-refractivity contribution in [2.24, 2.45) is 0 Å². The Morgan fingerprint density at radius 1 is 1.08 bits per heavy atom. The second kappa shape index (κ2) is 5.73. The summed E-state index contributed by atoms with van der Waals surface area (Å²) in [5.74, 6) is -2.31. The van der Waals surface area contributed by atoms with Gasteiger partial charge in [0.15, 0.2) is 0 Å². The van der Waals surface area contributed by atoms with Gasteiger partial charge in [0.05, 0.1) is 11.1 Å². The summed E-state index contributed by atoms with van der Waals surface area (Å²) >= 11 is 0. The third kappa shape index (κ3) is 2.38. The van der Waals surface area contributed by atoms with E-state index in [1.165, 1.54) is 0 Å². The van der Waals surface area contributed by atoms with Gasteiger partial charge in [-0.15, -0.1) is 0 Å². The van der Waals surface area contributed by atoms with E-state index in [9.17, 15) is 19.5 Å². The first-order chi connectivity index (χ1) is 12.1. The molecule has 0 spiro atoms. The van der Waals surface area contributed by atoms with Crippen LogP contribution in [-0.2, 0) is 4.79 Å². The molecule has 4 rings (SSSR count). The molecule has 2 heterocycles. The van der Waals surface area contributed by atoms with E-state index >= 15 is 0 Å². The van der Waals surface area contributed by atoms with Gasteiger partial charge >= 0.3 is 5.97 Å². The summed E-state index contributed by atoms with van der Waals surface area (Å²) < 4.78 is 0. The maximum atomic E-state index is 12.6. The van der Waals surface area contributed by atoms with Crippen molar-refractivity contribution in [1.82, 2.24) is 4.90 Å². The maximum Gasteiger partial charge on any atom is 0.326 e. The largest absolute Gasteiger partial charge is 0.480 e. The highest BCUT2D eigenvalue weighted by Gasteiger charge is 2.44. The lowest BCUT2D eigenvalue weighted by Gasteiger charge is -2.25. The number of carbonyl (C=O) groups is 3. The fourth-order valence-corrected chi connectivity index (χ4v) is 3.64. The van der Waals surface area contributed by atoms with Crippen LogP contribution in [0.15, 0.2) is 48.5 Å². The van der Waals surface area contributed by atoms with Crippen molar-refractivity contribution in [3.63, 3.8) is 0 Å². The van der Waals surface area contributed by atoms with E-state index in [1.807, 2.05) is 24.3 Å². The molecule has 0 fully saturated rings. The van der Waals surface area contributed by atoms with Gasteiger partial charge in [-0.3, -0.25) is 14.5 Å². The number of hydrogen-bond donors (Lipinski definition) is 2. The van der Waals surface area contributed by atoms with Gasteiger partial charge < -0.3 is 10.4 Å². The lowest BCUT2D eigenvalue weighted by Crippen LogP contribution is -2.45. The van der Waals surface area contributed by atoms with E-state index in [1.54, 1.807) is 24.3 Å². The quantitative estimate of drug-likeness (QED) is 0.837. The number of fused-ring (bicyclic) bond motifs is 2. The number of imide groups is 1. The van der Waals surface area contributed by atoms with E-state index in [0.717, 1.165) is 16.2 Å². The summed E-state index contributed by atoms with van der Waals surface area (Å²) in [5, 5.41) is 12.9. The number of anilines is 1. The van der Waals surface area contributed by atoms with Gasteiger partial charge in [-0.2, -0.15) is 0 Å². The van der Waals surface area contributed by atoms with Gasteiger partial charge in [0.25, 0.3) is 11.8 Å². The lowest BCUT2D eigenvalue weighted by molar-refractivity contribution is -0.141. The van der Waals surface area contributed by atoms with Crippen molar-refractivity contribution in [2.75, 3.05) is 11.9 Å². The molecule has 6 nitrogen and oxygen atoms in total. The van der Waals surface area contributed by atoms with Crippen LogP contribution in [0, 0.1) is 0 Å². The van der Waals surface area contributed by atoms with E-state index in [-0.39, 0.29) is 23.5 Å². The Labute approximate surface area is 144 Å². The normalized spacial score (nSPS) is 19.4. The van der Waals surface area contributed by atoms with E-state index in [4.69, 9.17) is 0 Å². The third-order valence-electron chi connectivity index (χ3n) is 4.87. The molecule has 0 saturated heterocycles. The smallest absolute Gasteiger partial charge is 0.326 e. The average Bonchev–Trinajstić information content (AvgIpc) is 3.13. The van der Waals surface area contributed by atoms with Crippen LogP contribution < -0.4 is 5.32 Å². The molecule has 0 radical (unpaired) electrons. The van der Waals surface area contributed by atoms with Crippen LogP contribution in [0.4, 0.5) is 5.69 Å². The molecule has 25 heavy (non-hydrogen) atoms. The molecule has 2 aliphatic heterocycles. The van der Waals surface area contributed by atoms with Gasteiger partial charge in [0, 0.05) is 18.2 Å². The molecule has 0 saturated carbocycles. The zero-order valence-electron chi connectivity index (χ0n) is 13.3. The van der Waals surface area contributed by atoms with Crippen LogP contribution in [0.2, 0.25) is 0 Å². The van der Waals surface area contributed by atoms with E-state index in [0.29, 0.717) is 6.54 Å². The van der Waals surface area contributed by atoms with Gasteiger partial charge in [0.2, 0.25) is 0 Å². The first-order valence-electron chi connectivity index (χ1n) is 8.10. The predicted molar refractivity (Wildman–Crippen MR) is 90.7 cm³/mol. The minimum Gasteiger partial charge on any atom is -0.480 e. The van der Waals surface area contributed by atoms with Crippen molar-refractivity contribution >= 4 is 23.5 Å². The number of carboxylic acid groups (broad SMARTS) is 1. The molecule has 2 atom stereocenters. The zero-order chi connectivity index (χ0) is 17.6. The minimum absolute atomic E-state index is 0.0680. The van der Waals surface area contributed by atoms with Crippen molar-refractivity contribution < 1.29 is 19.5 Å². The molecule has 6 heteroatoms. The van der Waals surface area contributed by atoms with Gasteiger partial charge in [0.1, 0.15) is 6.04 Å². The van der Waals surface area contributed by atoms with E-state index in [2.05, 4.69) is 5.32 Å². The maximum absolute atomic E-state index is 12.6. The van der Waals surface area contributed by atoms with Crippen molar-refractivity contribution in [3.05, 3.63) is 65.2 Å². The summed E-state index contributed by atoms with van der Waals surface area (Å²) in [7, 11) is 0. The van der Waals surface area contributed by atoms with Crippen molar-refractivity contribution in [1.29, 1.82) is 0 Å². The molecular weight excluding hydrogens is 320 g/mol. The molecule has 2 aliphatic rings. The molecule has 0 aromatic heterocycles. The first-order valence-corrected chi connectivity index (χ1v) is 8.10. The van der Waals surface area contributed by atoms with Gasteiger partial charge in [-0.25, -0.2) is 4.79 Å². The Morgan fingerprint density at radius 2 is 1.68 bits per heavy atom. The number of benzene rings is 2. The SMILES string of the molecule is O=C(O)C(CC1CNc2ccccc21)N1C(=O)c2ccccc2C1=O. The number of carboxylic acids is 1. The summed E-state index contributed by atoms with van der Waals surface area (Å²) in [4.78, 5) is 38.0. The average molecular weight is 336 g/mol. The topological polar surface area (TPSA) is 86.7 Å². The van der Waals surface area contributed by atoms with Crippen LogP contribution in [-0.4, -0.2) is 40.4 Å². The molecule has 0 aliphatic carbocycles.